The summed E-state index contributed by atoms with van der Waals surface area (Å²) in [6.45, 7) is 10.8. The van der Waals surface area contributed by atoms with E-state index in [0.29, 0.717) is 11.5 Å². The number of carbonyl (C=O) groups is 1. The summed E-state index contributed by atoms with van der Waals surface area (Å²) in [4.78, 5) is 12.2. The minimum absolute atomic E-state index is 0.138. The zero-order valence-corrected chi connectivity index (χ0v) is 12.7. The molecule has 1 aromatic rings. The van der Waals surface area contributed by atoms with Gasteiger partial charge in [-0.05, 0) is 48.3 Å². The van der Waals surface area contributed by atoms with E-state index in [0.717, 1.165) is 24.8 Å². The van der Waals surface area contributed by atoms with Gasteiger partial charge in [0.2, 0.25) is 0 Å². The molecule has 0 bridgehead atoms. The molecule has 1 aromatic carbocycles. The summed E-state index contributed by atoms with van der Waals surface area (Å²) in [6, 6.07) is 9.17. The molecular formula is C18H24O2. The third-order valence-corrected chi connectivity index (χ3v) is 4.25. The number of ether oxygens (including phenoxy) is 1. The average molecular weight is 272 g/mol. The van der Waals surface area contributed by atoms with Crippen LogP contribution in [0.4, 0.5) is 0 Å². The second kappa shape index (κ2) is 5.82. The lowest BCUT2D eigenvalue weighted by molar-refractivity contribution is 0.0199. The first-order valence-electron chi connectivity index (χ1n) is 7.31. The summed E-state index contributed by atoms with van der Waals surface area (Å²) in [7, 11) is 0. The van der Waals surface area contributed by atoms with Gasteiger partial charge in [0, 0.05) is 0 Å². The van der Waals surface area contributed by atoms with Gasteiger partial charge in [0.15, 0.2) is 0 Å². The fourth-order valence-corrected chi connectivity index (χ4v) is 2.75. The topological polar surface area (TPSA) is 26.3 Å². The molecular weight excluding hydrogens is 248 g/mol. The molecule has 0 N–H and O–H groups in total. The highest BCUT2D eigenvalue weighted by Crippen LogP contribution is 2.40. The second-order valence-corrected chi connectivity index (χ2v) is 6.76. The van der Waals surface area contributed by atoms with E-state index in [2.05, 4.69) is 27.4 Å². The van der Waals surface area contributed by atoms with Crippen molar-refractivity contribution < 1.29 is 9.53 Å². The van der Waals surface area contributed by atoms with Gasteiger partial charge in [0.05, 0.1) is 5.56 Å². The minimum Gasteiger partial charge on any atom is -0.454 e. The molecule has 2 atom stereocenters. The van der Waals surface area contributed by atoms with Gasteiger partial charge >= 0.3 is 5.97 Å². The molecule has 0 heterocycles. The number of hydrogen-bond acceptors (Lipinski definition) is 2. The van der Waals surface area contributed by atoms with Crippen LogP contribution >= 0.6 is 0 Å². The number of esters is 1. The van der Waals surface area contributed by atoms with Crippen molar-refractivity contribution in [3.63, 3.8) is 0 Å². The Bertz CT molecular complexity index is 482. The van der Waals surface area contributed by atoms with Crippen molar-refractivity contribution in [2.45, 2.75) is 46.1 Å². The first kappa shape index (κ1) is 14.8. The maximum Gasteiger partial charge on any atom is 0.338 e. The predicted molar refractivity (Wildman–Crippen MR) is 81.6 cm³/mol. The van der Waals surface area contributed by atoms with E-state index < -0.39 is 0 Å². The Labute approximate surface area is 121 Å². The predicted octanol–water partition coefficient (Wildman–Crippen LogP) is 4.61. The molecule has 0 aromatic heterocycles. The maximum absolute atomic E-state index is 12.2. The fourth-order valence-electron chi connectivity index (χ4n) is 2.75. The van der Waals surface area contributed by atoms with Crippen LogP contribution in [0.5, 0.6) is 0 Å². The number of carbonyl (C=O) groups excluding carboxylic acids is 1. The Morgan fingerprint density at radius 3 is 2.50 bits per heavy atom. The zero-order valence-electron chi connectivity index (χ0n) is 12.7. The Hall–Kier alpha value is -1.57. The lowest BCUT2D eigenvalue weighted by Crippen LogP contribution is -2.33. The van der Waals surface area contributed by atoms with Gasteiger partial charge in [-0.1, -0.05) is 45.5 Å². The van der Waals surface area contributed by atoms with Crippen molar-refractivity contribution in [1.82, 2.24) is 0 Å². The molecule has 1 unspecified atom stereocenters. The molecule has 2 rings (SSSR count). The highest BCUT2D eigenvalue weighted by atomic mass is 16.5. The van der Waals surface area contributed by atoms with Crippen molar-refractivity contribution in [3.05, 3.63) is 48.0 Å². The standard InChI is InChI=1S/C18H24O2/c1-13-10-11-15(18(2,3)4)12-16(13)20-17(19)14-8-6-5-7-9-14/h5-9,15-16H,1,10-12H2,2-4H3/t15?,16-/m1/s1. The molecule has 108 valence electrons. The normalized spacial score (nSPS) is 23.4. The molecule has 1 aliphatic carbocycles. The van der Waals surface area contributed by atoms with Crippen LogP contribution in [0.2, 0.25) is 0 Å². The van der Waals surface area contributed by atoms with Crippen molar-refractivity contribution in [3.8, 4) is 0 Å². The van der Waals surface area contributed by atoms with E-state index in [-0.39, 0.29) is 17.5 Å². The molecule has 20 heavy (non-hydrogen) atoms. The van der Waals surface area contributed by atoms with E-state index in [4.69, 9.17) is 4.74 Å². The Kier molecular flexibility index (Phi) is 4.32. The monoisotopic (exact) mass is 272 g/mol. The van der Waals surface area contributed by atoms with Gasteiger partial charge in [-0.3, -0.25) is 0 Å². The fraction of sp³-hybridized carbons (Fsp3) is 0.500. The van der Waals surface area contributed by atoms with Crippen LogP contribution in [0.1, 0.15) is 50.4 Å². The summed E-state index contributed by atoms with van der Waals surface area (Å²) >= 11 is 0. The van der Waals surface area contributed by atoms with E-state index >= 15 is 0 Å². The molecule has 1 aliphatic rings. The first-order valence-corrected chi connectivity index (χ1v) is 7.31. The summed E-state index contributed by atoms with van der Waals surface area (Å²) in [6.07, 6.45) is 2.85. The van der Waals surface area contributed by atoms with Crippen molar-refractivity contribution in [1.29, 1.82) is 0 Å². The Morgan fingerprint density at radius 1 is 1.25 bits per heavy atom. The highest BCUT2D eigenvalue weighted by Gasteiger charge is 2.34. The molecule has 0 radical (unpaired) electrons. The van der Waals surface area contributed by atoms with Gasteiger partial charge in [0.1, 0.15) is 6.10 Å². The third kappa shape index (κ3) is 3.50. The molecule has 1 fully saturated rings. The van der Waals surface area contributed by atoms with Gasteiger partial charge in [0.25, 0.3) is 0 Å². The average Bonchev–Trinajstić information content (AvgIpc) is 2.41. The second-order valence-electron chi connectivity index (χ2n) is 6.76. The SMILES string of the molecule is C=C1CCC(C(C)(C)C)C[C@H]1OC(=O)c1ccccc1. The quantitative estimate of drug-likeness (QED) is 0.580. The lowest BCUT2D eigenvalue weighted by atomic mass is 9.70. The molecule has 0 saturated heterocycles. The van der Waals surface area contributed by atoms with E-state index in [1.165, 1.54) is 0 Å². The van der Waals surface area contributed by atoms with E-state index in [1.807, 2.05) is 18.2 Å². The smallest absolute Gasteiger partial charge is 0.338 e. The summed E-state index contributed by atoms with van der Waals surface area (Å²) in [5.74, 6) is 0.327. The van der Waals surface area contributed by atoms with E-state index in [1.54, 1.807) is 12.1 Å². The van der Waals surface area contributed by atoms with Gasteiger partial charge in [-0.15, -0.1) is 0 Å². The third-order valence-electron chi connectivity index (χ3n) is 4.25. The molecule has 0 spiro atoms. The minimum atomic E-state index is -0.244. The number of hydrogen-bond donors (Lipinski definition) is 0. The van der Waals surface area contributed by atoms with Crippen LogP contribution in [-0.4, -0.2) is 12.1 Å². The van der Waals surface area contributed by atoms with Crippen LogP contribution in [0.3, 0.4) is 0 Å². The summed E-state index contributed by atoms with van der Waals surface area (Å²) in [5, 5.41) is 0. The maximum atomic E-state index is 12.2. The van der Waals surface area contributed by atoms with Crippen molar-refractivity contribution >= 4 is 5.97 Å². The largest absolute Gasteiger partial charge is 0.454 e. The zero-order chi connectivity index (χ0) is 14.8. The van der Waals surface area contributed by atoms with E-state index in [9.17, 15) is 4.79 Å². The number of rotatable bonds is 2. The highest BCUT2D eigenvalue weighted by molar-refractivity contribution is 5.89. The van der Waals surface area contributed by atoms with Crippen molar-refractivity contribution in [2.75, 3.05) is 0 Å². The van der Waals surface area contributed by atoms with Crippen LogP contribution in [0.15, 0.2) is 42.5 Å². The molecule has 2 heteroatoms. The van der Waals surface area contributed by atoms with Crippen LogP contribution in [0.25, 0.3) is 0 Å². The molecule has 1 saturated carbocycles. The van der Waals surface area contributed by atoms with Gasteiger partial charge < -0.3 is 4.74 Å². The van der Waals surface area contributed by atoms with Crippen LogP contribution < -0.4 is 0 Å². The molecule has 0 aliphatic heterocycles. The summed E-state index contributed by atoms with van der Waals surface area (Å²) < 4.78 is 5.68. The Morgan fingerprint density at radius 2 is 1.90 bits per heavy atom. The molecule has 2 nitrogen and oxygen atoms in total. The van der Waals surface area contributed by atoms with Crippen LogP contribution in [0, 0.1) is 11.3 Å². The number of benzene rings is 1. The lowest BCUT2D eigenvalue weighted by Gasteiger charge is -2.38. The summed E-state index contributed by atoms with van der Waals surface area (Å²) in [5.41, 5.74) is 1.91. The molecule has 0 amide bonds. The van der Waals surface area contributed by atoms with Crippen molar-refractivity contribution in [2.24, 2.45) is 11.3 Å². The van der Waals surface area contributed by atoms with Gasteiger partial charge in [-0.25, -0.2) is 4.79 Å². The van der Waals surface area contributed by atoms with Crippen LogP contribution in [-0.2, 0) is 4.74 Å². The van der Waals surface area contributed by atoms with Gasteiger partial charge in [-0.2, -0.15) is 0 Å². The Balaban J connectivity index is 2.04. The first-order chi connectivity index (χ1) is 9.38.